The molecule has 0 amide bonds. The second kappa shape index (κ2) is 44.9. The number of Topliss-reactive ketones (excluding diaryl/α,β-unsaturated/α-hetero) is 1. The van der Waals surface area contributed by atoms with Crippen LogP contribution in [0.1, 0.15) is 309 Å². The fourth-order valence-electron chi connectivity index (χ4n) is 9.51. The van der Waals surface area contributed by atoms with E-state index >= 15 is 0 Å². The van der Waals surface area contributed by atoms with Gasteiger partial charge in [-0.3, -0.25) is 24.0 Å². The summed E-state index contributed by atoms with van der Waals surface area (Å²) in [5.41, 5.74) is 0. The predicted octanol–water partition coefficient (Wildman–Crippen LogP) is 16.1. The molecule has 0 aromatic rings. The quantitative estimate of drug-likeness (QED) is 0.0327. The Kier molecular flexibility index (Phi) is 36.5. The molecule has 2 rings (SSSR count). The zero-order chi connectivity index (χ0) is 54.9. The molecule has 1 saturated carbocycles. The van der Waals surface area contributed by atoms with Crippen LogP contribution in [0.5, 0.6) is 0 Å². The fourth-order valence-corrected chi connectivity index (χ4v) is 9.51. The molecule has 2 fully saturated rings. The number of hydrogen-bond acceptors (Lipinski definition) is 11. The summed E-state index contributed by atoms with van der Waals surface area (Å²) in [5.74, 6) is -3.01. The minimum Gasteiger partial charge on any atom is -0.463 e. The molecule has 11 nitrogen and oxygen atoms in total. The van der Waals surface area contributed by atoms with Gasteiger partial charge in [0.1, 0.15) is 18.5 Å². The Balaban J connectivity index is 2.45. The van der Waals surface area contributed by atoms with Gasteiger partial charge in [0.15, 0.2) is 24.6 Å². The van der Waals surface area contributed by atoms with Gasteiger partial charge in [-0.25, -0.2) is 0 Å². The summed E-state index contributed by atoms with van der Waals surface area (Å²) < 4.78 is 72.2. The molecule has 6 unspecified atom stereocenters. The molecule has 1 saturated heterocycles. The number of unbranched alkanes of at least 4 members (excludes halogenated alkanes) is 24. The maximum absolute atomic E-state index is 14.1. The Bertz CT molecular complexity index is 1490. The van der Waals surface area contributed by atoms with Crippen molar-refractivity contribution in [2.24, 2.45) is 5.92 Å². The van der Waals surface area contributed by atoms with Gasteiger partial charge < -0.3 is 28.4 Å². The highest BCUT2D eigenvalue weighted by Crippen LogP contribution is 2.33. The molecule has 0 N–H and O–H groups in total. The lowest BCUT2D eigenvalue weighted by atomic mass is 9.97. The lowest BCUT2D eigenvalue weighted by Gasteiger charge is -2.44. The number of carbonyl (C=O) groups excluding carboxylic acids is 5. The number of esters is 4. The summed E-state index contributed by atoms with van der Waals surface area (Å²) in [6, 6.07) is 0. The van der Waals surface area contributed by atoms with Gasteiger partial charge in [-0.2, -0.15) is 0 Å². The third-order valence-corrected chi connectivity index (χ3v) is 13.9. The van der Waals surface area contributed by atoms with Gasteiger partial charge in [-0.05, 0) is 37.9 Å². The average Bonchev–Trinajstić information content (AvgIpc) is 3.79. The molecule has 11 heteroatoms. The SMILES string of the molecule is [2H]C(CCCCCCCCC)CC(=O)OC[C@H]1OC(OCC2CCC(=O)C2)[C@H](OC(=O)CC([2H])CCCCCCCCC)[C@@H](OC(=O)CC([2H])CCCCCCCCC)[C@H]1OC(=O)CC([2H])CCCCCCCCC. The normalized spacial score (nSPS) is 22.6. The Hall–Kier alpha value is -2.53. The smallest absolute Gasteiger partial charge is 0.306 e. The highest BCUT2D eigenvalue weighted by molar-refractivity contribution is 5.80. The zero-order valence-corrected chi connectivity index (χ0v) is 45.8. The van der Waals surface area contributed by atoms with Gasteiger partial charge in [-0.1, -0.05) is 233 Å². The number of ether oxygens (including phenoxy) is 6. The predicted molar refractivity (Wildman–Crippen MR) is 285 cm³/mol. The van der Waals surface area contributed by atoms with E-state index in [1.54, 1.807) is 0 Å². The van der Waals surface area contributed by atoms with E-state index in [-0.39, 0.29) is 44.0 Å². The van der Waals surface area contributed by atoms with Gasteiger partial charge >= 0.3 is 23.9 Å². The number of ketones is 1. The van der Waals surface area contributed by atoms with E-state index in [1.807, 2.05) is 0 Å². The van der Waals surface area contributed by atoms with Crippen LogP contribution in [0.15, 0.2) is 0 Å². The molecule has 0 aromatic heterocycles. The van der Waals surface area contributed by atoms with E-state index < -0.39 is 86.8 Å². The van der Waals surface area contributed by atoms with Crippen LogP contribution >= 0.6 is 0 Å². The first kappa shape index (κ1) is 57.7. The largest absolute Gasteiger partial charge is 0.463 e. The van der Waals surface area contributed by atoms with Crippen LogP contribution in [0.3, 0.4) is 0 Å². The maximum Gasteiger partial charge on any atom is 0.306 e. The first-order valence-corrected chi connectivity index (χ1v) is 29.5. The molecule has 1 aliphatic carbocycles. The molecule has 10 atom stereocenters. The second-order valence-electron chi connectivity index (χ2n) is 20.7. The molecular formula is C60H108O11. The molecule has 2 aliphatic rings. The first-order chi connectivity index (χ1) is 36.3. The Morgan fingerprint density at radius 2 is 0.789 bits per heavy atom. The van der Waals surface area contributed by atoms with Crippen molar-refractivity contribution in [1.82, 2.24) is 0 Å². The van der Waals surface area contributed by atoms with Crippen molar-refractivity contribution >= 4 is 29.7 Å². The summed E-state index contributed by atoms with van der Waals surface area (Å²) in [7, 11) is 0. The van der Waals surface area contributed by atoms with Gasteiger partial charge in [0, 0.05) is 44.0 Å². The Morgan fingerprint density at radius 3 is 1.15 bits per heavy atom. The zero-order valence-electron chi connectivity index (χ0n) is 49.8. The van der Waals surface area contributed by atoms with Gasteiger partial charge in [0.05, 0.1) is 6.61 Å². The maximum atomic E-state index is 14.1. The first-order valence-electron chi connectivity index (χ1n) is 31.8. The van der Waals surface area contributed by atoms with Crippen molar-refractivity contribution < 1.29 is 57.9 Å². The molecular weight excluding hydrogens is 897 g/mol. The van der Waals surface area contributed by atoms with Crippen LogP contribution in [0.25, 0.3) is 0 Å². The van der Waals surface area contributed by atoms with Crippen LogP contribution in [0.2, 0.25) is 0 Å². The minimum absolute atomic E-state index is 0.0346. The summed E-state index contributed by atoms with van der Waals surface area (Å²) in [5, 5.41) is 0. The monoisotopic (exact) mass is 1010 g/mol. The summed E-state index contributed by atoms with van der Waals surface area (Å²) >= 11 is 0. The highest BCUT2D eigenvalue weighted by atomic mass is 16.7. The molecule has 71 heavy (non-hydrogen) atoms. The Morgan fingerprint density at radius 1 is 0.451 bits per heavy atom. The third-order valence-electron chi connectivity index (χ3n) is 13.9. The molecule has 414 valence electrons. The van der Waals surface area contributed by atoms with E-state index in [2.05, 4.69) is 27.7 Å². The van der Waals surface area contributed by atoms with E-state index in [0.717, 1.165) is 122 Å². The van der Waals surface area contributed by atoms with Crippen LogP contribution in [-0.2, 0) is 52.4 Å². The fraction of sp³-hybridized carbons (Fsp3) is 0.917. The van der Waals surface area contributed by atoms with Crippen LogP contribution < -0.4 is 0 Å². The second-order valence-corrected chi connectivity index (χ2v) is 20.7. The molecule has 1 heterocycles. The lowest BCUT2D eigenvalue weighted by Crippen LogP contribution is -2.63. The number of rotatable bonds is 48. The van der Waals surface area contributed by atoms with Crippen molar-refractivity contribution in [3.8, 4) is 0 Å². The Labute approximate surface area is 439 Å². The standard InChI is InChI=1S/C60H108O11/c1-5-9-13-17-21-25-29-33-37-41-53(62)66-49-52-57(69-54(63)42-38-34-30-26-22-18-14-10-6-2)58(70-55(64)43-39-35-31-27-23-19-15-11-7-3)59(60(68-52)67-48-50-45-46-51(61)47-50)71-56(65)44-40-36-32-28-24-20-16-12-8-4/h50,52,57-60H,5-49H2,1-4H3/t50?,52-,57+,58+,59-,60?/m1/s1/i37D,38D,39D,40D/t37?,38?,39?,40?,50?,52-,57+,58+,59-,60?. The average molecular weight is 1010 g/mol. The van der Waals surface area contributed by atoms with Crippen molar-refractivity contribution in [3.63, 3.8) is 0 Å². The van der Waals surface area contributed by atoms with Crippen molar-refractivity contribution in [3.05, 3.63) is 0 Å². The summed E-state index contributed by atoms with van der Waals surface area (Å²) in [6.07, 6.45) is 21.9. The van der Waals surface area contributed by atoms with Gasteiger partial charge in [0.25, 0.3) is 0 Å². The highest BCUT2D eigenvalue weighted by Gasteiger charge is 2.53. The van der Waals surface area contributed by atoms with Gasteiger partial charge in [0.2, 0.25) is 0 Å². The minimum atomic E-state index is -1.55. The number of carbonyl (C=O) groups is 5. The van der Waals surface area contributed by atoms with Crippen molar-refractivity contribution in [1.29, 1.82) is 0 Å². The van der Waals surface area contributed by atoms with Crippen LogP contribution in [0, 0.1) is 5.92 Å². The van der Waals surface area contributed by atoms with E-state index in [4.69, 9.17) is 33.9 Å². The molecule has 0 radical (unpaired) electrons. The lowest BCUT2D eigenvalue weighted by molar-refractivity contribution is -0.310. The van der Waals surface area contributed by atoms with E-state index in [0.29, 0.717) is 44.9 Å². The molecule has 0 spiro atoms. The molecule has 1 aliphatic heterocycles. The van der Waals surface area contributed by atoms with Gasteiger partial charge in [-0.15, -0.1) is 0 Å². The van der Waals surface area contributed by atoms with Crippen LogP contribution in [-0.4, -0.2) is 73.6 Å². The van der Waals surface area contributed by atoms with Crippen molar-refractivity contribution in [2.75, 3.05) is 13.2 Å². The van der Waals surface area contributed by atoms with E-state index in [1.165, 1.54) is 57.8 Å². The van der Waals surface area contributed by atoms with Crippen molar-refractivity contribution in [2.45, 2.75) is 334 Å². The molecule has 0 aromatic carbocycles. The van der Waals surface area contributed by atoms with E-state index in [9.17, 15) is 24.0 Å². The number of hydrogen-bond donors (Lipinski definition) is 0. The molecule has 0 bridgehead atoms. The third kappa shape index (κ3) is 33.8. The summed E-state index contributed by atoms with van der Waals surface area (Å²) in [4.78, 5) is 67.8. The summed E-state index contributed by atoms with van der Waals surface area (Å²) in [6.45, 7) is 8.27. The topological polar surface area (TPSA) is 141 Å². The van der Waals surface area contributed by atoms with Crippen LogP contribution in [0.4, 0.5) is 0 Å².